The molecule has 0 N–H and O–H groups in total. The largest absolute Gasteiger partial charge is 0.451 e. The first kappa shape index (κ1) is 14.0. The van der Waals surface area contributed by atoms with Gasteiger partial charge < -0.3 is 0 Å². The number of aromatic nitrogens is 2. The van der Waals surface area contributed by atoms with Crippen LogP contribution in [0.25, 0.3) is 0 Å². The molecule has 0 saturated carbocycles. The van der Waals surface area contributed by atoms with Crippen LogP contribution < -0.4 is 0 Å². The molecule has 0 fully saturated rings. The Bertz CT molecular complexity index is 263. The Morgan fingerprint density at radius 3 is 1.87 bits per heavy atom. The summed E-state index contributed by atoms with van der Waals surface area (Å²) in [5.41, 5.74) is 0. The topological polar surface area (TPSA) is 42.9 Å². The minimum absolute atomic E-state index is 1.13. The fourth-order valence-corrected chi connectivity index (χ4v) is 0.738. The molecule has 0 saturated heterocycles. The zero-order valence-electron chi connectivity index (χ0n) is 7.70. The van der Waals surface area contributed by atoms with Gasteiger partial charge in [0, 0.05) is 12.4 Å². The Morgan fingerprint density at radius 1 is 1.33 bits per heavy atom. The zero-order chi connectivity index (χ0) is 11.9. The third kappa shape index (κ3) is 7.01. The van der Waals surface area contributed by atoms with Crippen LogP contribution in [0, 0.1) is 0 Å². The molecule has 1 rings (SSSR count). The summed E-state index contributed by atoms with van der Waals surface area (Å²) in [7, 11) is 0. The Hall–Kier alpha value is -0.980. The molecule has 1 aromatic rings. The van der Waals surface area contributed by atoms with Crippen molar-refractivity contribution >= 4 is 21.7 Å². The number of hydrogen-bond donors (Lipinski definition) is 0. The van der Waals surface area contributed by atoms with Crippen molar-refractivity contribution in [2.24, 2.45) is 0 Å². The van der Waals surface area contributed by atoms with Crippen LogP contribution in [0.2, 0.25) is 0 Å². The summed E-state index contributed by atoms with van der Waals surface area (Å²) in [5, 5.41) is 0. The van der Waals surface area contributed by atoms with Crippen molar-refractivity contribution in [2.45, 2.75) is 17.9 Å². The normalized spacial score (nSPS) is 12.3. The van der Waals surface area contributed by atoms with Crippen molar-refractivity contribution in [3.8, 4) is 0 Å². The second kappa shape index (κ2) is 6.49. The zero-order valence-corrected chi connectivity index (χ0v) is 9.29. The molecule has 0 amide bonds. The standard InChI is InChI=1S/C4H4BrF3O.C4H4N2/c1-2(5)3(9)4(6,7)8;1-2-5-4-6-3-1/h2H,1H3;1-4H. The molecule has 0 bridgehead atoms. The number of carbonyl (C=O) groups is 1. The van der Waals surface area contributed by atoms with E-state index in [4.69, 9.17) is 0 Å². The average Bonchev–Trinajstić information content (AvgIpc) is 2.19. The molecule has 1 unspecified atom stereocenters. The number of Topliss-reactive ketones (excluding diaryl/α,β-unsaturated/α-hetero) is 1. The Labute approximate surface area is 92.9 Å². The van der Waals surface area contributed by atoms with E-state index in [2.05, 4.69) is 25.9 Å². The van der Waals surface area contributed by atoms with Gasteiger partial charge in [-0.15, -0.1) is 0 Å². The molecular formula is C8H8BrF3N2O. The quantitative estimate of drug-likeness (QED) is 0.744. The van der Waals surface area contributed by atoms with Gasteiger partial charge in [-0.25, -0.2) is 9.97 Å². The highest BCUT2D eigenvalue weighted by molar-refractivity contribution is 9.10. The Kier molecular flexibility index (Phi) is 6.07. The number of ketones is 1. The second-order valence-corrected chi connectivity index (χ2v) is 3.76. The lowest BCUT2D eigenvalue weighted by Gasteiger charge is -2.04. The first-order valence-electron chi connectivity index (χ1n) is 3.80. The molecule has 1 aromatic heterocycles. The van der Waals surface area contributed by atoms with Gasteiger partial charge in [0.15, 0.2) is 0 Å². The average molecular weight is 285 g/mol. The molecule has 7 heteroatoms. The summed E-state index contributed by atoms with van der Waals surface area (Å²) in [4.78, 5) is 16.2. The fraction of sp³-hybridized carbons (Fsp3) is 0.375. The predicted octanol–water partition coefficient (Wildman–Crippen LogP) is 2.38. The molecule has 84 valence electrons. The molecule has 0 aliphatic carbocycles. The summed E-state index contributed by atoms with van der Waals surface area (Å²) in [6.07, 6.45) is 0.170. The first-order chi connectivity index (χ1) is 6.85. The van der Waals surface area contributed by atoms with Gasteiger partial charge in [-0.3, -0.25) is 4.79 Å². The molecule has 3 nitrogen and oxygen atoms in total. The number of rotatable bonds is 1. The van der Waals surface area contributed by atoms with Crippen LogP contribution in [0.1, 0.15) is 6.92 Å². The highest BCUT2D eigenvalue weighted by atomic mass is 79.9. The lowest BCUT2D eigenvalue weighted by Crippen LogP contribution is -2.28. The second-order valence-electron chi connectivity index (χ2n) is 2.38. The van der Waals surface area contributed by atoms with E-state index in [1.807, 2.05) is 0 Å². The first-order valence-corrected chi connectivity index (χ1v) is 4.72. The molecule has 0 spiro atoms. The van der Waals surface area contributed by atoms with Crippen LogP contribution in [0.3, 0.4) is 0 Å². The number of halogens is 4. The van der Waals surface area contributed by atoms with Crippen LogP contribution >= 0.6 is 15.9 Å². The maximum absolute atomic E-state index is 11.3. The van der Waals surface area contributed by atoms with Crippen molar-refractivity contribution in [3.63, 3.8) is 0 Å². The van der Waals surface area contributed by atoms with E-state index in [-0.39, 0.29) is 0 Å². The third-order valence-corrected chi connectivity index (χ3v) is 1.53. The molecule has 1 atom stereocenters. The summed E-state index contributed by atoms with van der Waals surface area (Å²) < 4.78 is 34.0. The van der Waals surface area contributed by atoms with E-state index in [1.54, 1.807) is 18.5 Å². The van der Waals surface area contributed by atoms with Crippen molar-refractivity contribution < 1.29 is 18.0 Å². The van der Waals surface area contributed by atoms with E-state index < -0.39 is 16.8 Å². The van der Waals surface area contributed by atoms with Gasteiger partial charge in [-0.2, -0.15) is 13.2 Å². The van der Waals surface area contributed by atoms with Gasteiger partial charge in [0.25, 0.3) is 0 Å². The number of hydrogen-bond acceptors (Lipinski definition) is 3. The Balaban J connectivity index is 0.000000280. The smallest absolute Gasteiger partial charge is 0.288 e. The predicted molar refractivity (Wildman–Crippen MR) is 51.5 cm³/mol. The molecule has 0 aromatic carbocycles. The third-order valence-electron chi connectivity index (χ3n) is 1.12. The molecule has 0 radical (unpaired) electrons. The van der Waals surface area contributed by atoms with Crippen LogP contribution in [-0.2, 0) is 4.79 Å². The number of alkyl halides is 4. The molecular weight excluding hydrogens is 277 g/mol. The molecule has 0 aliphatic heterocycles. The summed E-state index contributed by atoms with van der Waals surface area (Å²) in [6, 6.07) is 1.78. The number of nitrogens with zero attached hydrogens (tertiary/aromatic N) is 2. The van der Waals surface area contributed by atoms with Crippen molar-refractivity contribution in [2.75, 3.05) is 0 Å². The fourth-order valence-electron chi connectivity index (χ4n) is 0.479. The summed E-state index contributed by atoms with van der Waals surface area (Å²) in [5.74, 6) is -1.75. The van der Waals surface area contributed by atoms with Crippen molar-refractivity contribution in [1.82, 2.24) is 9.97 Å². The van der Waals surface area contributed by atoms with Gasteiger partial charge in [-0.1, -0.05) is 15.9 Å². The summed E-state index contributed by atoms with van der Waals surface area (Å²) in [6.45, 7) is 1.13. The van der Waals surface area contributed by atoms with Crippen LogP contribution in [0.5, 0.6) is 0 Å². The van der Waals surface area contributed by atoms with Crippen molar-refractivity contribution in [1.29, 1.82) is 0 Å². The maximum atomic E-state index is 11.3. The van der Waals surface area contributed by atoms with Gasteiger partial charge >= 0.3 is 6.18 Å². The highest BCUT2D eigenvalue weighted by Gasteiger charge is 2.40. The van der Waals surface area contributed by atoms with Gasteiger partial charge in [0.1, 0.15) is 6.33 Å². The minimum Gasteiger partial charge on any atom is -0.288 e. The van der Waals surface area contributed by atoms with E-state index in [9.17, 15) is 18.0 Å². The molecule has 0 aliphatic rings. The summed E-state index contributed by atoms with van der Waals surface area (Å²) >= 11 is 2.51. The van der Waals surface area contributed by atoms with Crippen LogP contribution in [0.15, 0.2) is 24.8 Å². The van der Waals surface area contributed by atoms with E-state index in [0.717, 1.165) is 6.92 Å². The Morgan fingerprint density at radius 2 is 1.80 bits per heavy atom. The van der Waals surface area contributed by atoms with Crippen LogP contribution in [0.4, 0.5) is 13.2 Å². The monoisotopic (exact) mass is 284 g/mol. The van der Waals surface area contributed by atoms with Gasteiger partial charge in [0.05, 0.1) is 4.83 Å². The lowest BCUT2D eigenvalue weighted by atomic mass is 10.3. The van der Waals surface area contributed by atoms with Crippen molar-refractivity contribution in [3.05, 3.63) is 24.8 Å². The van der Waals surface area contributed by atoms with Gasteiger partial charge in [-0.05, 0) is 13.0 Å². The van der Waals surface area contributed by atoms with Gasteiger partial charge in [0.2, 0.25) is 5.78 Å². The van der Waals surface area contributed by atoms with E-state index in [0.29, 0.717) is 0 Å². The SMILES string of the molecule is CC(Br)C(=O)C(F)(F)F.c1cncnc1. The maximum Gasteiger partial charge on any atom is 0.451 e. The number of carbonyl (C=O) groups excluding carboxylic acids is 1. The lowest BCUT2D eigenvalue weighted by molar-refractivity contribution is -0.169. The molecule has 15 heavy (non-hydrogen) atoms. The highest BCUT2D eigenvalue weighted by Crippen LogP contribution is 2.20. The van der Waals surface area contributed by atoms with Crippen LogP contribution in [-0.4, -0.2) is 26.8 Å². The minimum atomic E-state index is -4.71. The van der Waals surface area contributed by atoms with E-state index >= 15 is 0 Å². The molecule has 1 heterocycles. The van der Waals surface area contributed by atoms with E-state index in [1.165, 1.54) is 6.33 Å².